The monoisotopic (exact) mass is 274 g/mol. The average Bonchev–Trinajstić information content (AvgIpc) is 2.82. The predicted molar refractivity (Wildman–Crippen MR) is 67.9 cm³/mol. The maximum Gasteiger partial charge on any atom is 0.332 e. The minimum absolute atomic E-state index is 0.264. The third-order valence-corrected chi connectivity index (χ3v) is 2.82. The Morgan fingerprint density at radius 2 is 2.00 bits per heavy atom. The molecule has 1 amide bonds. The Bertz CT molecular complexity index is 308. The lowest BCUT2D eigenvalue weighted by Crippen LogP contribution is -2.37. The van der Waals surface area contributed by atoms with Gasteiger partial charge >= 0.3 is 5.97 Å². The number of hydrogen-bond donors (Lipinski definition) is 2. The van der Waals surface area contributed by atoms with Crippen LogP contribution in [0.5, 0.6) is 0 Å². The maximum absolute atomic E-state index is 11.7. The van der Waals surface area contributed by atoms with Gasteiger partial charge in [0.1, 0.15) is 6.10 Å². The molecule has 0 aromatic carbocycles. The molecule has 0 spiro atoms. The van der Waals surface area contributed by atoms with E-state index in [2.05, 4.69) is 5.32 Å². The Hall–Kier alpha value is -1.18. The topological polar surface area (TPSA) is 88.1 Å². The van der Waals surface area contributed by atoms with Crippen LogP contribution >= 0.6 is 0 Å². The van der Waals surface area contributed by atoms with Crippen LogP contribution < -0.4 is 5.32 Å². The van der Waals surface area contributed by atoms with Crippen molar-refractivity contribution < 1.29 is 24.2 Å². The summed E-state index contributed by atoms with van der Waals surface area (Å²) in [6, 6.07) is 0. The van der Waals surface area contributed by atoms with Crippen LogP contribution in [-0.4, -0.2) is 74.5 Å². The normalized spacial score (nSPS) is 22.7. The predicted octanol–water partition coefficient (Wildman–Crippen LogP) is -0.687. The molecule has 0 aromatic rings. The first-order valence-electron chi connectivity index (χ1n) is 6.39. The molecule has 2 atom stereocenters. The van der Waals surface area contributed by atoms with Crippen molar-refractivity contribution in [2.75, 3.05) is 40.4 Å². The van der Waals surface area contributed by atoms with E-state index in [1.807, 2.05) is 19.0 Å². The molecule has 0 bridgehead atoms. The van der Waals surface area contributed by atoms with Crippen molar-refractivity contribution in [1.82, 2.24) is 10.2 Å². The fourth-order valence-electron chi connectivity index (χ4n) is 1.72. The zero-order valence-electron chi connectivity index (χ0n) is 11.4. The minimum atomic E-state index is -1.01. The number of aliphatic carboxylic acids is 1. The number of carbonyl (C=O) groups excluding carboxylic acids is 1. The fraction of sp³-hybridized carbons (Fsp3) is 0.833. The third kappa shape index (κ3) is 6.00. The van der Waals surface area contributed by atoms with Crippen LogP contribution in [0.2, 0.25) is 0 Å². The van der Waals surface area contributed by atoms with E-state index in [1.54, 1.807) is 0 Å². The lowest BCUT2D eigenvalue weighted by Gasteiger charge is -2.12. The number of ether oxygens (including phenoxy) is 2. The van der Waals surface area contributed by atoms with Gasteiger partial charge in [-0.15, -0.1) is 0 Å². The largest absolute Gasteiger partial charge is 0.479 e. The van der Waals surface area contributed by atoms with Crippen LogP contribution in [0.1, 0.15) is 12.8 Å². The van der Waals surface area contributed by atoms with E-state index in [-0.39, 0.29) is 5.91 Å². The van der Waals surface area contributed by atoms with Crippen LogP contribution in [0, 0.1) is 0 Å². The Balaban J connectivity index is 2.07. The van der Waals surface area contributed by atoms with Crippen LogP contribution in [0.25, 0.3) is 0 Å². The van der Waals surface area contributed by atoms with Crippen molar-refractivity contribution in [2.24, 2.45) is 0 Å². The highest BCUT2D eigenvalue weighted by molar-refractivity contribution is 5.82. The lowest BCUT2D eigenvalue weighted by atomic mass is 10.2. The van der Waals surface area contributed by atoms with Gasteiger partial charge in [0.2, 0.25) is 5.91 Å². The molecular formula is C12H22N2O5. The molecule has 2 unspecified atom stereocenters. The number of rotatable bonds is 8. The molecule has 0 saturated carbocycles. The van der Waals surface area contributed by atoms with Crippen molar-refractivity contribution in [2.45, 2.75) is 25.0 Å². The van der Waals surface area contributed by atoms with E-state index in [9.17, 15) is 9.59 Å². The molecular weight excluding hydrogens is 252 g/mol. The second-order valence-corrected chi connectivity index (χ2v) is 4.74. The van der Waals surface area contributed by atoms with Crippen molar-refractivity contribution in [3.63, 3.8) is 0 Å². The fourth-order valence-corrected chi connectivity index (χ4v) is 1.72. The number of nitrogens with one attached hydrogen (secondary N) is 1. The summed E-state index contributed by atoms with van der Waals surface area (Å²) in [5.74, 6) is -1.28. The van der Waals surface area contributed by atoms with Crippen LogP contribution in [0.3, 0.4) is 0 Å². The number of amides is 1. The van der Waals surface area contributed by atoms with Crippen LogP contribution in [-0.2, 0) is 19.1 Å². The maximum atomic E-state index is 11.7. The SMILES string of the molecule is CN(C)CCOCCNC(=O)C1CCC(C(=O)O)O1. The van der Waals surface area contributed by atoms with Gasteiger partial charge in [0.05, 0.1) is 13.2 Å². The van der Waals surface area contributed by atoms with Gasteiger partial charge in [0, 0.05) is 13.1 Å². The van der Waals surface area contributed by atoms with Crippen molar-refractivity contribution in [3.8, 4) is 0 Å². The molecule has 7 heteroatoms. The molecule has 0 aromatic heterocycles. The third-order valence-electron chi connectivity index (χ3n) is 2.82. The molecule has 2 N–H and O–H groups in total. The van der Waals surface area contributed by atoms with Gasteiger partial charge in [0.25, 0.3) is 0 Å². The van der Waals surface area contributed by atoms with Crippen molar-refractivity contribution in [3.05, 3.63) is 0 Å². The highest BCUT2D eigenvalue weighted by Crippen LogP contribution is 2.19. The number of carboxylic acid groups (broad SMARTS) is 1. The second-order valence-electron chi connectivity index (χ2n) is 4.74. The molecule has 0 radical (unpaired) electrons. The summed E-state index contributed by atoms with van der Waals surface area (Å²) in [6.45, 7) is 2.29. The smallest absolute Gasteiger partial charge is 0.332 e. The second kappa shape index (κ2) is 8.08. The van der Waals surface area contributed by atoms with E-state index in [0.717, 1.165) is 6.54 Å². The molecule has 1 rings (SSSR count). The summed E-state index contributed by atoms with van der Waals surface area (Å²) in [5.41, 5.74) is 0. The molecule has 110 valence electrons. The molecule has 1 heterocycles. The van der Waals surface area contributed by atoms with E-state index in [4.69, 9.17) is 14.6 Å². The zero-order chi connectivity index (χ0) is 14.3. The highest BCUT2D eigenvalue weighted by Gasteiger charge is 2.34. The van der Waals surface area contributed by atoms with Gasteiger partial charge < -0.3 is 24.8 Å². The Labute approximate surface area is 112 Å². The Kier molecular flexibility index (Phi) is 6.75. The van der Waals surface area contributed by atoms with Gasteiger partial charge in [-0.05, 0) is 26.9 Å². The van der Waals surface area contributed by atoms with Crippen molar-refractivity contribution >= 4 is 11.9 Å². The first-order valence-corrected chi connectivity index (χ1v) is 6.39. The molecule has 0 aliphatic carbocycles. The quantitative estimate of drug-likeness (QED) is 0.570. The number of nitrogens with zero attached hydrogens (tertiary/aromatic N) is 1. The van der Waals surface area contributed by atoms with Gasteiger partial charge in [0.15, 0.2) is 6.10 Å². The van der Waals surface area contributed by atoms with Gasteiger partial charge in [-0.2, -0.15) is 0 Å². The minimum Gasteiger partial charge on any atom is -0.479 e. The summed E-state index contributed by atoms with van der Waals surface area (Å²) < 4.78 is 10.5. The summed E-state index contributed by atoms with van der Waals surface area (Å²) in [4.78, 5) is 24.3. The number of hydrogen-bond acceptors (Lipinski definition) is 5. The van der Waals surface area contributed by atoms with Crippen LogP contribution in [0.4, 0.5) is 0 Å². The first-order chi connectivity index (χ1) is 9.00. The van der Waals surface area contributed by atoms with E-state index < -0.39 is 18.2 Å². The molecule has 19 heavy (non-hydrogen) atoms. The molecule has 1 aliphatic heterocycles. The van der Waals surface area contributed by atoms with E-state index >= 15 is 0 Å². The van der Waals surface area contributed by atoms with Gasteiger partial charge in [-0.3, -0.25) is 4.79 Å². The van der Waals surface area contributed by atoms with Gasteiger partial charge in [-0.1, -0.05) is 0 Å². The summed E-state index contributed by atoms with van der Waals surface area (Å²) >= 11 is 0. The Morgan fingerprint density at radius 3 is 2.58 bits per heavy atom. The molecule has 1 fully saturated rings. The summed E-state index contributed by atoms with van der Waals surface area (Å²) in [7, 11) is 3.92. The summed E-state index contributed by atoms with van der Waals surface area (Å²) in [6.07, 6.45) is -0.674. The summed E-state index contributed by atoms with van der Waals surface area (Å²) in [5, 5.41) is 11.4. The van der Waals surface area contributed by atoms with Crippen molar-refractivity contribution in [1.29, 1.82) is 0 Å². The number of carbonyl (C=O) groups is 2. The van der Waals surface area contributed by atoms with E-state index in [0.29, 0.717) is 32.6 Å². The van der Waals surface area contributed by atoms with Crippen LogP contribution in [0.15, 0.2) is 0 Å². The molecule has 7 nitrogen and oxygen atoms in total. The molecule has 1 aliphatic rings. The number of carboxylic acids is 1. The average molecular weight is 274 g/mol. The van der Waals surface area contributed by atoms with Gasteiger partial charge in [-0.25, -0.2) is 4.79 Å². The standard InChI is InChI=1S/C12H22N2O5/c1-14(2)6-8-18-7-5-13-11(15)9-3-4-10(19-9)12(16)17/h9-10H,3-8H2,1-2H3,(H,13,15)(H,16,17). The number of likely N-dealkylation sites (N-methyl/N-ethyl adjacent to an activating group) is 1. The highest BCUT2D eigenvalue weighted by atomic mass is 16.5. The Morgan fingerprint density at radius 1 is 1.32 bits per heavy atom. The first kappa shape index (κ1) is 15.9. The molecule has 1 saturated heterocycles. The lowest BCUT2D eigenvalue weighted by molar-refractivity contribution is -0.151. The van der Waals surface area contributed by atoms with E-state index in [1.165, 1.54) is 0 Å². The zero-order valence-corrected chi connectivity index (χ0v) is 11.4.